The molecular formula is C28H25Cl2NO4S. The lowest BCUT2D eigenvalue weighted by Crippen LogP contribution is -2.29. The molecule has 2 amide bonds. The zero-order chi connectivity index (χ0) is 25.5. The van der Waals surface area contributed by atoms with E-state index < -0.39 is 0 Å². The van der Waals surface area contributed by atoms with Crippen LogP contribution in [0.4, 0.5) is 4.79 Å². The van der Waals surface area contributed by atoms with Crippen molar-refractivity contribution in [1.29, 1.82) is 0 Å². The van der Waals surface area contributed by atoms with Crippen LogP contribution < -0.4 is 9.47 Å². The normalized spacial score (nSPS) is 14.5. The smallest absolute Gasteiger partial charge is 0.293 e. The van der Waals surface area contributed by atoms with Gasteiger partial charge in [0.15, 0.2) is 11.5 Å². The summed E-state index contributed by atoms with van der Waals surface area (Å²) in [5.74, 6) is 0.821. The molecule has 1 aliphatic rings. The van der Waals surface area contributed by atoms with Crippen LogP contribution >= 0.6 is 35.0 Å². The average molecular weight is 542 g/mol. The zero-order valence-corrected chi connectivity index (χ0v) is 22.0. The molecule has 0 unspecified atom stereocenters. The minimum atomic E-state index is -0.270. The molecule has 1 saturated heterocycles. The fourth-order valence-electron chi connectivity index (χ4n) is 3.73. The van der Waals surface area contributed by atoms with Gasteiger partial charge in [0.25, 0.3) is 11.1 Å². The van der Waals surface area contributed by atoms with Gasteiger partial charge in [-0.15, -0.1) is 0 Å². The van der Waals surface area contributed by atoms with E-state index in [1.165, 1.54) is 10.5 Å². The third-order valence-electron chi connectivity index (χ3n) is 5.53. The SMILES string of the molecule is CCOc1cc(/C=C2/SC(=O)N(CCCc3ccccc3)C2=O)ccc1OCc1ccc(Cl)cc1Cl. The number of hydrogen-bond acceptors (Lipinski definition) is 5. The van der Waals surface area contributed by atoms with Crippen LogP contribution in [-0.4, -0.2) is 29.2 Å². The molecular weight excluding hydrogens is 517 g/mol. The van der Waals surface area contributed by atoms with Gasteiger partial charge in [-0.25, -0.2) is 0 Å². The van der Waals surface area contributed by atoms with Gasteiger partial charge in [-0.2, -0.15) is 0 Å². The Morgan fingerprint density at radius 2 is 1.75 bits per heavy atom. The van der Waals surface area contributed by atoms with Crippen LogP contribution in [0, 0.1) is 0 Å². The van der Waals surface area contributed by atoms with Gasteiger partial charge >= 0.3 is 0 Å². The molecule has 0 N–H and O–H groups in total. The van der Waals surface area contributed by atoms with Crippen molar-refractivity contribution in [2.75, 3.05) is 13.2 Å². The Kier molecular flexibility index (Phi) is 8.97. The third kappa shape index (κ3) is 6.64. The first-order valence-electron chi connectivity index (χ1n) is 11.6. The summed E-state index contributed by atoms with van der Waals surface area (Å²) < 4.78 is 11.7. The fraction of sp³-hybridized carbons (Fsp3) is 0.214. The van der Waals surface area contributed by atoms with E-state index in [9.17, 15) is 9.59 Å². The van der Waals surface area contributed by atoms with E-state index in [2.05, 4.69) is 0 Å². The predicted molar refractivity (Wildman–Crippen MR) is 146 cm³/mol. The summed E-state index contributed by atoms with van der Waals surface area (Å²) in [6.07, 6.45) is 3.24. The van der Waals surface area contributed by atoms with Crippen molar-refractivity contribution in [1.82, 2.24) is 4.90 Å². The van der Waals surface area contributed by atoms with Crippen molar-refractivity contribution >= 4 is 52.2 Å². The van der Waals surface area contributed by atoms with Crippen LogP contribution in [0.15, 0.2) is 71.6 Å². The molecule has 3 aromatic rings. The number of carbonyl (C=O) groups excluding carboxylic acids is 2. The second kappa shape index (κ2) is 12.3. The molecule has 4 rings (SSSR count). The average Bonchev–Trinajstić information content (AvgIpc) is 3.12. The zero-order valence-electron chi connectivity index (χ0n) is 19.7. The summed E-state index contributed by atoms with van der Waals surface area (Å²) in [5.41, 5.74) is 2.72. The highest BCUT2D eigenvalue weighted by molar-refractivity contribution is 8.18. The number of benzene rings is 3. The number of thioether (sulfide) groups is 1. The second-order valence-corrected chi connectivity index (χ2v) is 9.92. The Morgan fingerprint density at radius 1 is 0.944 bits per heavy atom. The van der Waals surface area contributed by atoms with Crippen LogP contribution in [0.2, 0.25) is 10.0 Å². The molecule has 1 fully saturated rings. The van der Waals surface area contributed by atoms with Gasteiger partial charge in [0.05, 0.1) is 11.5 Å². The maximum Gasteiger partial charge on any atom is 0.293 e. The predicted octanol–water partition coefficient (Wildman–Crippen LogP) is 7.64. The van der Waals surface area contributed by atoms with E-state index in [0.29, 0.717) is 46.0 Å². The van der Waals surface area contributed by atoms with Crippen LogP contribution in [-0.2, 0) is 17.8 Å². The Morgan fingerprint density at radius 3 is 2.50 bits per heavy atom. The van der Waals surface area contributed by atoms with Crippen molar-refractivity contribution in [2.45, 2.75) is 26.4 Å². The molecule has 1 heterocycles. The molecule has 1 aliphatic heterocycles. The molecule has 0 aliphatic carbocycles. The van der Waals surface area contributed by atoms with Gasteiger partial charge in [0.2, 0.25) is 0 Å². The molecule has 8 heteroatoms. The molecule has 36 heavy (non-hydrogen) atoms. The summed E-state index contributed by atoms with van der Waals surface area (Å²) in [6.45, 7) is 2.96. The lowest BCUT2D eigenvalue weighted by atomic mass is 10.1. The number of hydrogen-bond donors (Lipinski definition) is 0. The molecule has 186 valence electrons. The maximum absolute atomic E-state index is 12.9. The van der Waals surface area contributed by atoms with E-state index in [0.717, 1.165) is 29.3 Å². The molecule has 0 bridgehead atoms. The highest BCUT2D eigenvalue weighted by Gasteiger charge is 2.34. The minimum absolute atomic E-state index is 0.246. The molecule has 0 saturated carbocycles. The van der Waals surface area contributed by atoms with E-state index in [-0.39, 0.29) is 17.8 Å². The summed E-state index contributed by atoms with van der Waals surface area (Å²) >= 11 is 13.2. The number of amides is 2. The number of imide groups is 1. The highest BCUT2D eigenvalue weighted by atomic mass is 35.5. The van der Waals surface area contributed by atoms with Gasteiger partial charge in [-0.1, -0.05) is 65.7 Å². The Bertz CT molecular complexity index is 1280. The van der Waals surface area contributed by atoms with Crippen LogP contribution in [0.1, 0.15) is 30.0 Å². The number of ether oxygens (including phenoxy) is 2. The molecule has 0 aromatic heterocycles. The van der Waals surface area contributed by atoms with Gasteiger partial charge in [-0.05, 0) is 73.0 Å². The van der Waals surface area contributed by atoms with Gasteiger partial charge in [-0.3, -0.25) is 14.5 Å². The molecule has 5 nitrogen and oxygen atoms in total. The summed E-state index contributed by atoms with van der Waals surface area (Å²) in [6, 6.07) is 20.7. The largest absolute Gasteiger partial charge is 0.490 e. The monoisotopic (exact) mass is 541 g/mol. The van der Waals surface area contributed by atoms with Gasteiger partial charge in [0.1, 0.15) is 6.61 Å². The number of aryl methyl sites for hydroxylation is 1. The lowest BCUT2D eigenvalue weighted by molar-refractivity contribution is -0.122. The molecule has 0 spiro atoms. The second-order valence-electron chi connectivity index (χ2n) is 8.09. The minimum Gasteiger partial charge on any atom is -0.490 e. The quantitative estimate of drug-likeness (QED) is 0.247. The number of halogens is 2. The highest BCUT2D eigenvalue weighted by Crippen LogP contribution is 2.35. The molecule has 3 aromatic carbocycles. The number of nitrogens with zero attached hydrogens (tertiary/aromatic N) is 1. The first-order valence-corrected chi connectivity index (χ1v) is 13.1. The van der Waals surface area contributed by atoms with Crippen LogP contribution in [0.5, 0.6) is 11.5 Å². The first kappa shape index (κ1) is 26.1. The van der Waals surface area contributed by atoms with Crippen molar-refractivity contribution in [3.63, 3.8) is 0 Å². The van der Waals surface area contributed by atoms with E-state index >= 15 is 0 Å². The summed E-state index contributed by atoms with van der Waals surface area (Å²) in [4.78, 5) is 27.1. The van der Waals surface area contributed by atoms with Crippen molar-refractivity contribution in [3.8, 4) is 11.5 Å². The number of rotatable bonds is 10. The molecule has 0 atom stereocenters. The summed E-state index contributed by atoms with van der Waals surface area (Å²) in [7, 11) is 0. The van der Waals surface area contributed by atoms with Crippen molar-refractivity contribution in [2.24, 2.45) is 0 Å². The van der Waals surface area contributed by atoms with Crippen molar-refractivity contribution in [3.05, 3.63) is 98.4 Å². The van der Waals surface area contributed by atoms with Gasteiger partial charge < -0.3 is 9.47 Å². The Labute approximate surface area is 225 Å². The van der Waals surface area contributed by atoms with Crippen LogP contribution in [0.25, 0.3) is 6.08 Å². The van der Waals surface area contributed by atoms with E-state index in [1.807, 2.05) is 49.4 Å². The maximum atomic E-state index is 12.9. The van der Waals surface area contributed by atoms with Crippen molar-refractivity contribution < 1.29 is 19.1 Å². The van der Waals surface area contributed by atoms with Crippen LogP contribution in [0.3, 0.4) is 0 Å². The summed E-state index contributed by atoms with van der Waals surface area (Å²) in [5, 5.41) is 0.837. The lowest BCUT2D eigenvalue weighted by Gasteiger charge is -2.14. The first-order chi connectivity index (χ1) is 17.4. The van der Waals surface area contributed by atoms with E-state index in [4.69, 9.17) is 32.7 Å². The Balaban J connectivity index is 1.43. The standard InChI is InChI=1S/C28H25Cl2NO4S/c1-2-34-25-15-20(10-13-24(25)35-18-21-11-12-22(29)17-23(21)30)16-26-27(32)31(28(33)36-26)14-6-9-19-7-4-3-5-8-19/h3-5,7-8,10-13,15-17H,2,6,9,14,18H2,1H3/b26-16+. The van der Waals surface area contributed by atoms with Gasteiger partial charge in [0, 0.05) is 22.2 Å². The number of carbonyl (C=O) groups is 2. The Hall–Kier alpha value is -2.93. The topological polar surface area (TPSA) is 55.8 Å². The van der Waals surface area contributed by atoms with E-state index in [1.54, 1.807) is 30.3 Å². The third-order valence-corrected chi connectivity index (χ3v) is 7.02. The fourth-order valence-corrected chi connectivity index (χ4v) is 5.05. The molecule has 0 radical (unpaired) electrons.